The Balaban J connectivity index is 1.38. The molecule has 4 rings (SSSR count). The van der Waals surface area contributed by atoms with Gasteiger partial charge in [0.2, 0.25) is 5.91 Å². The van der Waals surface area contributed by atoms with E-state index in [0.717, 1.165) is 43.6 Å². The second-order valence-electron chi connectivity index (χ2n) is 6.49. The molecule has 0 spiro atoms. The molecule has 1 aliphatic carbocycles. The number of nitrogens with one attached hydrogen (secondary N) is 1. The molecule has 0 unspecified atom stereocenters. The first kappa shape index (κ1) is 12.9. The van der Waals surface area contributed by atoms with Crippen molar-refractivity contribution in [2.75, 3.05) is 13.1 Å². The largest absolute Gasteiger partial charge is 0.360 e. The fraction of sp³-hybridized carbons (Fsp3) is 0.529. The Morgan fingerprint density at radius 2 is 2.10 bits per heavy atom. The van der Waals surface area contributed by atoms with E-state index in [1.807, 2.05) is 18.5 Å². The first-order valence-corrected chi connectivity index (χ1v) is 8.01. The molecule has 1 amide bonds. The van der Waals surface area contributed by atoms with Crippen molar-refractivity contribution in [3.05, 3.63) is 30.2 Å². The van der Waals surface area contributed by atoms with Crippen LogP contribution in [0.15, 0.2) is 24.5 Å². The van der Waals surface area contributed by atoms with E-state index in [4.69, 9.17) is 0 Å². The highest BCUT2D eigenvalue weighted by atomic mass is 16.2. The molecule has 2 aliphatic rings. The van der Waals surface area contributed by atoms with Gasteiger partial charge in [0.15, 0.2) is 0 Å². The van der Waals surface area contributed by atoms with Crippen molar-refractivity contribution in [3.63, 3.8) is 0 Å². The van der Waals surface area contributed by atoms with Crippen molar-refractivity contribution in [2.24, 2.45) is 11.8 Å². The van der Waals surface area contributed by atoms with Crippen LogP contribution < -0.4 is 0 Å². The number of aromatic amines is 1. The summed E-state index contributed by atoms with van der Waals surface area (Å²) < 4.78 is 0. The zero-order valence-corrected chi connectivity index (χ0v) is 12.2. The molecule has 0 atom stereocenters. The third-order valence-electron chi connectivity index (χ3n) is 5.01. The minimum Gasteiger partial charge on any atom is -0.360 e. The molecular weight excluding hydrogens is 262 g/mol. The number of H-pyrrole nitrogens is 1. The van der Waals surface area contributed by atoms with Gasteiger partial charge in [-0.05, 0) is 37.3 Å². The molecule has 4 nitrogen and oxygen atoms in total. The van der Waals surface area contributed by atoms with Crippen molar-refractivity contribution in [1.82, 2.24) is 14.9 Å². The first-order valence-electron chi connectivity index (χ1n) is 8.01. The Hall–Kier alpha value is -1.84. The molecule has 4 heteroatoms. The zero-order valence-electron chi connectivity index (χ0n) is 12.2. The third-order valence-corrected chi connectivity index (χ3v) is 5.01. The summed E-state index contributed by atoms with van der Waals surface area (Å²) in [5, 5.41) is 1.22. The number of hydrogen-bond acceptors (Lipinski definition) is 2. The van der Waals surface area contributed by atoms with E-state index in [0.29, 0.717) is 17.7 Å². The van der Waals surface area contributed by atoms with E-state index < -0.39 is 0 Å². The van der Waals surface area contributed by atoms with Crippen LogP contribution in [0, 0.1) is 11.8 Å². The summed E-state index contributed by atoms with van der Waals surface area (Å²) in [4.78, 5) is 22.1. The lowest BCUT2D eigenvalue weighted by Crippen LogP contribution is -2.52. The Bertz CT molecular complexity index is 651. The van der Waals surface area contributed by atoms with Crippen molar-refractivity contribution in [2.45, 2.75) is 32.1 Å². The van der Waals surface area contributed by atoms with Crippen molar-refractivity contribution in [3.8, 4) is 0 Å². The summed E-state index contributed by atoms with van der Waals surface area (Å²) in [6, 6.07) is 4.11. The van der Waals surface area contributed by atoms with Gasteiger partial charge in [-0.3, -0.25) is 9.78 Å². The standard InChI is InChI=1S/C17H21N3O/c21-17(14-3-1-2-4-14)20-10-12(11-20)9-15-16-13(5-7-18-15)6-8-19-16/h5-8,12,14,19H,1-4,9-11H2. The highest BCUT2D eigenvalue weighted by Crippen LogP contribution is 2.30. The average Bonchev–Trinajstić information content (AvgIpc) is 3.11. The molecule has 21 heavy (non-hydrogen) atoms. The highest BCUT2D eigenvalue weighted by Gasteiger charge is 2.35. The summed E-state index contributed by atoms with van der Waals surface area (Å²) in [5.74, 6) is 1.28. The minimum absolute atomic E-state index is 0.316. The Labute approximate surface area is 124 Å². The van der Waals surface area contributed by atoms with E-state index in [9.17, 15) is 4.79 Å². The second kappa shape index (κ2) is 5.17. The molecule has 2 fully saturated rings. The highest BCUT2D eigenvalue weighted by molar-refractivity contribution is 5.81. The second-order valence-corrected chi connectivity index (χ2v) is 6.49. The monoisotopic (exact) mass is 283 g/mol. The van der Waals surface area contributed by atoms with Gasteiger partial charge < -0.3 is 9.88 Å². The summed E-state index contributed by atoms with van der Waals surface area (Å²) in [5.41, 5.74) is 2.29. The topological polar surface area (TPSA) is 49.0 Å². The fourth-order valence-corrected chi connectivity index (χ4v) is 3.78. The normalized spacial score (nSPS) is 20.1. The maximum Gasteiger partial charge on any atom is 0.225 e. The number of aromatic nitrogens is 2. The van der Waals surface area contributed by atoms with Crippen LogP contribution in [-0.4, -0.2) is 33.9 Å². The van der Waals surface area contributed by atoms with E-state index in [1.54, 1.807) is 0 Å². The van der Waals surface area contributed by atoms with Crippen LogP contribution in [0.25, 0.3) is 10.9 Å². The smallest absolute Gasteiger partial charge is 0.225 e. The van der Waals surface area contributed by atoms with Crippen LogP contribution >= 0.6 is 0 Å². The fourth-order valence-electron chi connectivity index (χ4n) is 3.78. The molecule has 3 heterocycles. The minimum atomic E-state index is 0.316. The summed E-state index contributed by atoms with van der Waals surface area (Å²) in [6.07, 6.45) is 9.47. The van der Waals surface area contributed by atoms with Crippen molar-refractivity contribution in [1.29, 1.82) is 0 Å². The van der Waals surface area contributed by atoms with Gasteiger partial charge in [0.1, 0.15) is 0 Å². The summed E-state index contributed by atoms with van der Waals surface area (Å²) in [7, 11) is 0. The molecule has 110 valence electrons. The van der Waals surface area contributed by atoms with Gasteiger partial charge in [0, 0.05) is 36.8 Å². The number of amides is 1. The summed E-state index contributed by atoms with van der Waals surface area (Å²) >= 11 is 0. The predicted octanol–water partition coefficient (Wildman–Crippen LogP) is 2.75. The van der Waals surface area contributed by atoms with Gasteiger partial charge in [-0.1, -0.05) is 12.8 Å². The Kier molecular flexibility index (Phi) is 3.17. The number of rotatable bonds is 3. The maximum absolute atomic E-state index is 12.3. The SMILES string of the molecule is O=C(C1CCCC1)N1CC(Cc2nccc3cc[nH]c23)C1. The molecule has 1 saturated carbocycles. The number of hydrogen-bond donors (Lipinski definition) is 1. The number of carbonyl (C=O) groups is 1. The van der Waals surface area contributed by atoms with E-state index >= 15 is 0 Å². The number of nitrogens with zero attached hydrogens (tertiary/aromatic N) is 2. The molecule has 0 bridgehead atoms. The number of fused-ring (bicyclic) bond motifs is 1. The van der Waals surface area contributed by atoms with Crippen LogP contribution in [0.5, 0.6) is 0 Å². The number of likely N-dealkylation sites (tertiary alicyclic amines) is 1. The van der Waals surface area contributed by atoms with Gasteiger partial charge in [0.25, 0.3) is 0 Å². The lowest BCUT2D eigenvalue weighted by molar-refractivity contribution is -0.141. The van der Waals surface area contributed by atoms with Gasteiger partial charge in [-0.15, -0.1) is 0 Å². The number of pyridine rings is 1. The molecule has 0 radical (unpaired) electrons. The van der Waals surface area contributed by atoms with Gasteiger partial charge in [-0.2, -0.15) is 0 Å². The Morgan fingerprint density at radius 3 is 2.90 bits per heavy atom. The van der Waals surface area contributed by atoms with Crippen LogP contribution in [0.4, 0.5) is 0 Å². The van der Waals surface area contributed by atoms with Crippen molar-refractivity contribution >= 4 is 16.8 Å². The molecule has 2 aromatic heterocycles. The van der Waals surface area contributed by atoms with Crippen LogP contribution in [0.1, 0.15) is 31.4 Å². The van der Waals surface area contributed by atoms with Gasteiger partial charge in [0.05, 0.1) is 11.2 Å². The van der Waals surface area contributed by atoms with Crippen LogP contribution in [-0.2, 0) is 11.2 Å². The van der Waals surface area contributed by atoms with Crippen LogP contribution in [0.2, 0.25) is 0 Å². The quantitative estimate of drug-likeness (QED) is 0.941. The number of carbonyl (C=O) groups excluding carboxylic acids is 1. The molecule has 1 aliphatic heterocycles. The van der Waals surface area contributed by atoms with Crippen LogP contribution in [0.3, 0.4) is 0 Å². The maximum atomic E-state index is 12.3. The third kappa shape index (κ3) is 2.33. The van der Waals surface area contributed by atoms with E-state index in [-0.39, 0.29) is 0 Å². The van der Waals surface area contributed by atoms with E-state index in [1.165, 1.54) is 18.2 Å². The lowest BCUT2D eigenvalue weighted by Gasteiger charge is -2.40. The molecule has 0 aromatic carbocycles. The van der Waals surface area contributed by atoms with Crippen molar-refractivity contribution < 1.29 is 4.79 Å². The first-order chi connectivity index (χ1) is 10.3. The molecule has 1 saturated heterocycles. The molecule has 2 aromatic rings. The zero-order chi connectivity index (χ0) is 14.2. The molecule has 1 N–H and O–H groups in total. The van der Waals surface area contributed by atoms with Gasteiger partial charge in [-0.25, -0.2) is 0 Å². The molecular formula is C17H21N3O. The van der Waals surface area contributed by atoms with Gasteiger partial charge >= 0.3 is 0 Å². The predicted molar refractivity (Wildman–Crippen MR) is 81.8 cm³/mol. The summed E-state index contributed by atoms with van der Waals surface area (Å²) in [6.45, 7) is 1.82. The average molecular weight is 283 g/mol. The van der Waals surface area contributed by atoms with E-state index in [2.05, 4.69) is 20.9 Å². The lowest BCUT2D eigenvalue weighted by atomic mass is 9.92. The Morgan fingerprint density at radius 1 is 1.29 bits per heavy atom.